The lowest BCUT2D eigenvalue weighted by Crippen LogP contribution is -2.15. The molecule has 0 atom stereocenters. The third kappa shape index (κ3) is 9.30. The highest BCUT2D eigenvalue weighted by Crippen LogP contribution is 2.11. The van der Waals surface area contributed by atoms with Crippen LogP contribution in [0.25, 0.3) is 0 Å². The minimum absolute atomic E-state index is 0.233. The Morgan fingerprint density at radius 3 is 2.61 bits per heavy atom. The fourth-order valence-electron chi connectivity index (χ4n) is 1.21. The van der Waals surface area contributed by atoms with E-state index in [1.54, 1.807) is 14.2 Å². The molecule has 4 nitrogen and oxygen atoms in total. The van der Waals surface area contributed by atoms with Crippen molar-refractivity contribution in [3.05, 3.63) is 29.8 Å². The molecule has 104 valence electrons. The molecule has 0 radical (unpaired) electrons. The third-order valence-corrected chi connectivity index (χ3v) is 2.34. The molecule has 0 unspecified atom stereocenters. The van der Waals surface area contributed by atoms with Crippen molar-refractivity contribution in [2.45, 2.75) is 6.54 Å². The fraction of sp³-hybridized carbons (Fsp3) is 0.538. The van der Waals surface area contributed by atoms with E-state index in [1.807, 2.05) is 18.2 Å². The van der Waals surface area contributed by atoms with E-state index < -0.39 is 0 Å². The SMILES string of the molecule is CNCCO.COc1cccc(CNCCS)c1. The van der Waals surface area contributed by atoms with Crippen molar-refractivity contribution in [2.75, 3.05) is 39.6 Å². The molecule has 18 heavy (non-hydrogen) atoms. The molecule has 1 aromatic rings. The molecule has 5 heteroatoms. The Morgan fingerprint density at radius 1 is 1.33 bits per heavy atom. The lowest BCUT2D eigenvalue weighted by Gasteiger charge is -2.04. The van der Waals surface area contributed by atoms with Gasteiger partial charge in [-0.3, -0.25) is 0 Å². The van der Waals surface area contributed by atoms with Crippen LogP contribution in [-0.4, -0.2) is 44.7 Å². The number of benzene rings is 1. The molecule has 0 aromatic heterocycles. The Hall–Kier alpha value is -0.750. The van der Waals surface area contributed by atoms with Gasteiger partial charge in [0.15, 0.2) is 0 Å². The summed E-state index contributed by atoms with van der Waals surface area (Å²) in [6, 6.07) is 8.05. The molecule has 0 fully saturated rings. The van der Waals surface area contributed by atoms with Gasteiger partial charge in [0.25, 0.3) is 0 Å². The first-order valence-electron chi connectivity index (χ1n) is 5.98. The second-order valence-electron chi connectivity index (χ2n) is 3.58. The molecular weight excluding hydrogens is 248 g/mol. The van der Waals surface area contributed by atoms with Gasteiger partial charge in [-0.1, -0.05) is 12.1 Å². The minimum atomic E-state index is 0.233. The molecule has 0 spiro atoms. The largest absolute Gasteiger partial charge is 0.497 e. The van der Waals surface area contributed by atoms with Gasteiger partial charge < -0.3 is 20.5 Å². The van der Waals surface area contributed by atoms with Crippen LogP contribution in [0.1, 0.15) is 5.56 Å². The summed E-state index contributed by atoms with van der Waals surface area (Å²) >= 11 is 4.12. The molecule has 0 saturated heterocycles. The van der Waals surface area contributed by atoms with Gasteiger partial charge in [-0.15, -0.1) is 0 Å². The van der Waals surface area contributed by atoms with Crippen molar-refractivity contribution in [3.8, 4) is 5.75 Å². The molecule has 0 bridgehead atoms. The van der Waals surface area contributed by atoms with Crippen LogP contribution < -0.4 is 15.4 Å². The average molecular weight is 272 g/mol. The second kappa shape index (κ2) is 12.7. The molecule has 1 rings (SSSR count). The Labute approximate surface area is 115 Å². The van der Waals surface area contributed by atoms with Crippen LogP contribution in [-0.2, 0) is 6.54 Å². The standard InChI is InChI=1S/C10H15NOS.C3H9NO/c1-12-10-4-2-3-9(7-10)8-11-5-6-13;1-4-2-3-5/h2-4,7,11,13H,5-6,8H2,1H3;4-5H,2-3H2,1H3. The second-order valence-corrected chi connectivity index (χ2v) is 4.03. The summed E-state index contributed by atoms with van der Waals surface area (Å²) in [5, 5.41) is 14.0. The first kappa shape index (κ1) is 17.2. The molecule has 0 aliphatic carbocycles. The van der Waals surface area contributed by atoms with Crippen molar-refractivity contribution in [1.82, 2.24) is 10.6 Å². The van der Waals surface area contributed by atoms with Crippen LogP contribution in [0.5, 0.6) is 5.75 Å². The summed E-state index contributed by atoms with van der Waals surface area (Å²) in [5.41, 5.74) is 1.24. The summed E-state index contributed by atoms with van der Waals surface area (Å²) in [4.78, 5) is 0. The van der Waals surface area contributed by atoms with Crippen molar-refractivity contribution < 1.29 is 9.84 Å². The number of thiol groups is 1. The van der Waals surface area contributed by atoms with E-state index in [0.29, 0.717) is 6.54 Å². The third-order valence-electron chi connectivity index (χ3n) is 2.11. The van der Waals surface area contributed by atoms with Crippen LogP contribution in [0, 0.1) is 0 Å². The van der Waals surface area contributed by atoms with E-state index in [4.69, 9.17) is 9.84 Å². The molecule has 0 heterocycles. The maximum atomic E-state index is 8.00. The van der Waals surface area contributed by atoms with E-state index in [0.717, 1.165) is 24.6 Å². The smallest absolute Gasteiger partial charge is 0.119 e. The lowest BCUT2D eigenvalue weighted by molar-refractivity contribution is 0.296. The van der Waals surface area contributed by atoms with E-state index in [2.05, 4.69) is 29.3 Å². The van der Waals surface area contributed by atoms with E-state index in [9.17, 15) is 0 Å². The van der Waals surface area contributed by atoms with Crippen LogP contribution in [0.3, 0.4) is 0 Å². The summed E-state index contributed by atoms with van der Waals surface area (Å²) in [5.74, 6) is 1.77. The predicted molar refractivity (Wildman–Crippen MR) is 79.6 cm³/mol. The normalized spacial score (nSPS) is 9.56. The van der Waals surface area contributed by atoms with Crippen LogP contribution in [0.15, 0.2) is 24.3 Å². The Morgan fingerprint density at radius 2 is 2.11 bits per heavy atom. The van der Waals surface area contributed by atoms with Gasteiger partial charge in [-0.2, -0.15) is 12.6 Å². The summed E-state index contributed by atoms with van der Waals surface area (Å²) in [6.07, 6.45) is 0. The Kier molecular flexibility index (Phi) is 12.2. The number of hydrogen-bond donors (Lipinski definition) is 4. The number of likely N-dealkylation sites (N-methyl/N-ethyl adjacent to an activating group) is 1. The zero-order valence-electron chi connectivity index (χ0n) is 11.1. The quantitative estimate of drug-likeness (QED) is 0.440. The maximum absolute atomic E-state index is 8.00. The van der Waals surface area contributed by atoms with Crippen LogP contribution in [0.4, 0.5) is 0 Å². The molecule has 0 aliphatic rings. The summed E-state index contributed by atoms with van der Waals surface area (Å²) < 4.78 is 5.12. The molecule has 1 aromatic carbocycles. The van der Waals surface area contributed by atoms with Gasteiger partial charge in [-0.05, 0) is 24.7 Å². The number of methoxy groups -OCH3 is 1. The minimum Gasteiger partial charge on any atom is -0.497 e. The number of aliphatic hydroxyl groups is 1. The first-order chi connectivity index (χ1) is 8.78. The van der Waals surface area contributed by atoms with Crippen molar-refractivity contribution >= 4 is 12.6 Å². The summed E-state index contributed by atoms with van der Waals surface area (Å²) in [7, 11) is 3.48. The van der Waals surface area contributed by atoms with Gasteiger partial charge in [0.05, 0.1) is 13.7 Å². The zero-order valence-corrected chi connectivity index (χ0v) is 12.0. The molecule has 0 saturated carbocycles. The molecule has 0 amide bonds. The Balaban J connectivity index is 0.000000494. The van der Waals surface area contributed by atoms with Crippen molar-refractivity contribution in [2.24, 2.45) is 0 Å². The van der Waals surface area contributed by atoms with E-state index in [-0.39, 0.29) is 6.61 Å². The van der Waals surface area contributed by atoms with Crippen molar-refractivity contribution in [3.63, 3.8) is 0 Å². The number of aliphatic hydroxyl groups excluding tert-OH is 1. The van der Waals surface area contributed by atoms with Gasteiger partial charge >= 0.3 is 0 Å². The van der Waals surface area contributed by atoms with Gasteiger partial charge in [0.2, 0.25) is 0 Å². The topological polar surface area (TPSA) is 53.5 Å². The summed E-state index contributed by atoms with van der Waals surface area (Å²) in [6.45, 7) is 2.73. The number of nitrogens with one attached hydrogen (secondary N) is 2. The molecule has 0 aliphatic heterocycles. The van der Waals surface area contributed by atoms with Gasteiger partial charge in [0, 0.05) is 25.4 Å². The van der Waals surface area contributed by atoms with Gasteiger partial charge in [-0.25, -0.2) is 0 Å². The van der Waals surface area contributed by atoms with Crippen LogP contribution >= 0.6 is 12.6 Å². The highest BCUT2D eigenvalue weighted by atomic mass is 32.1. The highest BCUT2D eigenvalue weighted by Gasteiger charge is 1.94. The molecular formula is C13H24N2O2S. The monoisotopic (exact) mass is 272 g/mol. The average Bonchev–Trinajstić information content (AvgIpc) is 2.41. The van der Waals surface area contributed by atoms with Crippen LogP contribution in [0.2, 0.25) is 0 Å². The van der Waals surface area contributed by atoms with Crippen molar-refractivity contribution in [1.29, 1.82) is 0 Å². The number of hydrogen-bond acceptors (Lipinski definition) is 5. The number of rotatable bonds is 7. The first-order valence-corrected chi connectivity index (χ1v) is 6.61. The predicted octanol–water partition coefficient (Wildman–Crippen LogP) is 0.913. The van der Waals surface area contributed by atoms with Gasteiger partial charge in [0.1, 0.15) is 5.75 Å². The number of ether oxygens (including phenoxy) is 1. The fourth-order valence-corrected chi connectivity index (χ4v) is 1.36. The lowest BCUT2D eigenvalue weighted by atomic mass is 10.2. The van der Waals surface area contributed by atoms with E-state index >= 15 is 0 Å². The zero-order chi connectivity index (χ0) is 13.6. The maximum Gasteiger partial charge on any atom is 0.119 e. The Bertz CT molecular complexity index is 296. The van der Waals surface area contributed by atoms with E-state index in [1.165, 1.54) is 5.56 Å². The molecule has 3 N–H and O–H groups in total. The highest BCUT2D eigenvalue weighted by molar-refractivity contribution is 7.80.